The van der Waals surface area contributed by atoms with Crippen LogP contribution in [0.15, 0.2) is 53.4 Å². The van der Waals surface area contributed by atoms with Gasteiger partial charge in [0.15, 0.2) is 0 Å². The largest absolute Gasteiger partial charge is 0.381 e. The lowest BCUT2D eigenvalue weighted by Gasteiger charge is -2.38. The van der Waals surface area contributed by atoms with Crippen LogP contribution in [0.1, 0.15) is 53.6 Å². The maximum Gasteiger partial charge on any atom is 0.251 e. The van der Waals surface area contributed by atoms with Gasteiger partial charge in [-0.1, -0.05) is 42.8 Å². The molecule has 0 unspecified atom stereocenters. The molecule has 2 aliphatic rings. The molecule has 2 saturated heterocycles. The molecule has 2 aromatic rings. The number of sulfonamides is 1. The van der Waals surface area contributed by atoms with Crippen LogP contribution in [0.5, 0.6) is 0 Å². The van der Waals surface area contributed by atoms with Gasteiger partial charge in [0.05, 0.1) is 4.90 Å². The Kier molecular flexibility index (Phi) is 6.98. The van der Waals surface area contributed by atoms with Crippen molar-refractivity contribution in [2.75, 3.05) is 32.8 Å². The minimum Gasteiger partial charge on any atom is -0.381 e. The third-order valence-corrected chi connectivity index (χ3v) is 8.72. The fourth-order valence-corrected chi connectivity index (χ4v) is 6.27. The number of carbonyl (C=O) groups excluding carboxylic acids is 1. The first-order chi connectivity index (χ1) is 15.4. The predicted molar refractivity (Wildman–Crippen MR) is 124 cm³/mol. The zero-order valence-electron chi connectivity index (χ0n) is 18.7. The van der Waals surface area contributed by atoms with E-state index in [0.717, 1.165) is 37.7 Å². The van der Waals surface area contributed by atoms with E-state index in [9.17, 15) is 13.2 Å². The van der Waals surface area contributed by atoms with E-state index in [1.54, 1.807) is 12.1 Å². The number of nitrogens with zero attached hydrogens (tertiary/aromatic N) is 1. The van der Waals surface area contributed by atoms with Crippen LogP contribution >= 0.6 is 0 Å². The maximum absolute atomic E-state index is 13.2. The molecule has 32 heavy (non-hydrogen) atoms. The van der Waals surface area contributed by atoms with Crippen molar-refractivity contribution in [1.29, 1.82) is 0 Å². The molecule has 0 atom stereocenters. The van der Waals surface area contributed by atoms with Gasteiger partial charge in [-0.05, 0) is 55.9 Å². The van der Waals surface area contributed by atoms with E-state index >= 15 is 0 Å². The van der Waals surface area contributed by atoms with Crippen LogP contribution in [-0.4, -0.2) is 51.5 Å². The van der Waals surface area contributed by atoms with Gasteiger partial charge in [-0.15, -0.1) is 0 Å². The van der Waals surface area contributed by atoms with E-state index in [-0.39, 0.29) is 16.2 Å². The fourth-order valence-electron chi connectivity index (χ4n) is 4.73. The van der Waals surface area contributed by atoms with Crippen LogP contribution in [0.25, 0.3) is 0 Å². The smallest absolute Gasteiger partial charge is 0.251 e. The summed E-state index contributed by atoms with van der Waals surface area (Å²) in [7, 11) is -3.59. The molecule has 0 aliphatic carbocycles. The Morgan fingerprint density at radius 3 is 2.41 bits per heavy atom. The summed E-state index contributed by atoms with van der Waals surface area (Å²) < 4.78 is 33.3. The summed E-state index contributed by atoms with van der Waals surface area (Å²) in [5.74, 6) is -0.236. The highest BCUT2D eigenvalue weighted by Crippen LogP contribution is 2.34. The molecular weight excluding hydrogens is 424 g/mol. The molecule has 0 spiro atoms. The number of ether oxygens (including phenoxy) is 1. The lowest BCUT2D eigenvalue weighted by atomic mass is 9.74. The summed E-state index contributed by atoms with van der Waals surface area (Å²) in [6.07, 6.45) is 4.48. The van der Waals surface area contributed by atoms with Crippen LogP contribution in [0.4, 0.5) is 0 Å². The third-order valence-electron chi connectivity index (χ3n) is 6.83. The van der Waals surface area contributed by atoms with Gasteiger partial charge < -0.3 is 10.1 Å². The molecule has 0 saturated carbocycles. The summed E-state index contributed by atoms with van der Waals surface area (Å²) in [4.78, 5) is 13.4. The lowest BCUT2D eigenvalue weighted by molar-refractivity contribution is 0.0487. The first-order valence-corrected chi connectivity index (χ1v) is 12.9. The number of piperidine rings is 1. The Hall–Kier alpha value is -2.22. The molecule has 7 heteroatoms. The van der Waals surface area contributed by atoms with Crippen molar-refractivity contribution >= 4 is 15.9 Å². The minimum atomic E-state index is -3.59. The number of amides is 1. The van der Waals surface area contributed by atoms with Crippen molar-refractivity contribution in [3.63, 3.8) is 0 Å². The molecule has 4 rings (SSSR count). The maximum atomic E-state index is 13.2. The molecular formula is C25H32N2O4S. The third kappa shape index (κ3) is 4.75. The highest BCUT2D eigenvalue weighted by molar-refractivity contribution is 7.89. The second-order valence-electron chi connectivity index (χ2n) is 8.88. The highest BCUT2D eigenvalue weighted by atomic mass is 32.2. The van der Waals surface area contributed by atoms with Gasteiger partial charge in [-0.3, -0.25) is 4.79 Å². The zero-order valence-corrected chi connectivity index (χ0v) is 19.5. The number of nitrogens with one attached hydrogen (secondary N) is 1. The topological polar surface area (TPSA) is 75.7 Å². The van der Waals surface area contributed by atoms with Crippen LogP contribution in [0.3, 0.4) is 0 Å². The van der Waals surface area contributed by atoms with Crippen LogP contribution < -0.4 is 5.32 Å². The Morgan fingerprint density at radius 2 is 1.72 bits per heavy atom. The molecule has 1 N–H and O–H groups in total. The van der Waals surface area contributed by atoms with E-state index in [2.05, 4.69) is 17.4 Å². The van der Waals surface area contributed by atoms with Gasteiger partial charge in [0, 0.05) is 43.8 Å². The average Bonchev–Trinajstić information content (AvgIpc) is 2.84. The van der Waals surface area contributed by atoms with Crippen molar-refractivity contribution in [3.8, 4) is 0 Å². The molecule has 0 radical (unpaired) electrons. The molecule has 2 fully saturated rings. The molecule has 6 nitrogen and oxygen atoms in total. The lowest BCUT2D eigenvalue weighted by Crippen LogP contribution is -2.44. The van der Waals surface area contributed by atoms with Gasteiger partial charge in [0.1, 0.15) is 0 Å². The summed E-state index contributed by atoms with van der Waals surface area (Å²) >= 11 is 0. The second kappa shape index (κ2) is 9.73. The second-order valence-corrected chi connectivity index (χ2v) is 10.8. The Morgan fingerprint density at radius 1 is 1.03 bits per heavy atom. The summed E-state index contributed by atoms with van der Waals surface area (Å²) in [5, 5.41) is 3.10. The van der Waals surface area contributed by atoms with Crippen LogP contribution in [0, 0.1) is 6.92 Å². The van der Waals surface area contributed by atoms with Crippen molar-refractivity contribution in [2.24, 2.45) is 0 Å². The molecule has 0 aromatic heterocycles. The number of carbonyl (C=O) groups is 1. The number of benzene rings is 2. The highest BCUT2D eigenvalue weighted by Gasteiger charge is 2.35. The van der Waals surface area contributed by atoms with Gasteiger partial charge in [0.2, 0.25) is 10.0 Å². The van der Waals surface area contributed by atoms with E-state index in [1.807, 2.05) is 25.1 Å². The van der Waals surface area contributed by atoms with Gasteiger partial charge >= 0.3 is 0 Å². The standard InChI is InChI=1S/C25H32N2O4S/c1-20-10-11-22(32(29,30)27-14-6-3-7-15-27)18-23(20)24(28)26-19-25(12-16-31-17-13-25)21-8-4-2-5-9-21/h2,4-5,8-11,18H,3,6-7,12-17,19H2,1H3,(H,26,28). The number of hydrogen-bond donors (Lipinski definition) is 1. The number of aryl methyl sites for hydroxylation is 1. The normalized spacial score (nSPS) is 19.4. The molecule has 0 bridgehead atoms. The van der Waals surface area contributed by atoms with Gasteiger partial charge in [-0.2, -0.15) is 4.31 Å². The van der Waals surface area contributed by atoms with E-state index in [1.165, 1.54) is 15.9 Å². The summed E-state index contributed by atoms with van der Waals surface area (Å²) in [5.41, 5.74) is 2.20. The van der Waals surface area contributed by atoms with Crippen molar-refractivity contribution in [1.82, 2.24) is 9.62 Å². The van der Waals surface area contributed by atoms with Crippen molar-refractivity contribution in [2.45, 2.75) is 49.3 Å². The summed E-state index contributed by atoms with van der Waals surface area (Å²) in [6.45, 7) is 4.73. The summed E-state index contributed by atoms with van der Waals surface area (Å²) in [6, 6.07) is 15.1. The molecule has 2 aromatic carbocycles. The SMILES string of the molecule is Cc1ccc(S(=O)(=O)N2CCCCC2)cc1C(=O)NCC1(c2ccccc2)CCOCC1. The first-order valence-electron chi connectivity index (χ1n) is 11.4. The Bertz CT molecular complexity index is 1040. The zero-order chi connectivity index (χ0) is 22.6. The molecule has 2 aliphatic heterocycles. The number of hydrogen-bond acceptors (Lipinski definition) is 4. The van der Waals surface area contributed by atoms with Crippen LogP contribution in [0.2, 0.25) is 0 Å². The van der Waals surface area contributed by atoms with E-state index in [4.69, 9.17) is 4.74 Å². The Balaban J connectivity index is 1.55. The monoisotopic (exact) mass is 456 g/mol. The Labute approximate surface area is 191 Å². The average molecular weight is 457 g/mol. The van der Waals surface area contributed by atoms with E-state index in [0.29, 0.717) is 38.4 Å². The predicted octanol–water partition coefficient (Wildman–Crippen LogP) is 3.65. The van der Waals surface area contributed by atoms with Gasteiger partial charge in [-0.25, -0.2) is 8.42 Å². The van der Waals surface area contributed by atoms with Crippen molar-refractivity contribution in [3.05, 3.63) is 65.2 Å². The van der Waals surface area contributed by atoms with Crippen molar-refractivity contribution < 1.29 is 17.9 Å². The van der Waals surface area contributed by atoms with E-state index < -0.39 is 10.0 Å². The molecule has 172 valence electrons. The first kappa shape index (κ1) is 23.0. The molecule has 2 heterocycles. The molecule has 1 amide bonds. The number of rotatable bonds is 6. The van der Waals surface area contributed by atoms with Gasteiger partial charge in [0.25, 0.3) is 5.91 Å². The quantitative estimate of drug-likeness (QED) is 0.720. The van der Waals surface area contributed by atoms with Crippen LogP contribution in [-0.2, 0) is 20.2 Å². The fraction of sp³-hybridized carbons (Fsp3) is 0.480. The minimum absolute atomic E-state index is 0.180.